The summed E-state index contributed by atoms with van der Waals surface area (Å²) >= 11 is 0. The molecule has 0 saturated heterocycles. The van der Waals surface area contributed by atoms with E-state index >= 15 is 0 Å². The monoisotopic (exact) mass is 333 g/mol. The van der Waals surface area contributed by atoms with Crippen molar-refractivity contribution in [1.29, 1.82) is 0 Å². The van der Waals surface area contributed by atoms with Crippen molar-refractivity contribution >= 4 is 21.5 Å². The summed E-state index contributed by atoms with van der Waals surface area (Å²) in [4.78, 5) is 13.1. The first-order valence-electron chi connectivity index (χ1n) is 8.53. The average molecular weight is 333 g/mol. The van der Waals surface area contributed by atoms with E-state index in [1.807, 2.05) is 36.9 Å². The van der Waals surface area contributed by atoms with Gasteiger partial charge in [0.15, 0.2) is 0 Å². The zero-order valence-electron chi connectivity index (χ0n) is 14.0. The highest BCUT2D eigenvalue weighted by molar-refractivity contribution is 6.21. The number of pyridine rings is 3. The molecule has 3 nitrogen and oxygen atoms in total. The van der Waals surface area contributed by atoms with Crippen LogP contribution in [-0.2, 0) is 0 Å². The first kappa shape index (κ1) is 14.7. The van der Waals surface area contributed by atoms with Gasteiger partial charge in [0.05, 0.1) is 0 Å². The lowest BCUT2D eigenvalue weighted by Gasteiger charge is -2.16. The summed E-state index contributed by atoms with van der Waals surface area (Å²) in [6.45, 7) is 0. The van der Waals surface area contributed by atoms with Gasteiger partial charge in [-0.3, -0.25) is 15.0 Å². The third kappa shape index (κ3) is 2.25. The first-order chi connectivity index (χ1) is 12.9. The highest BCUT2D eigenvalue weighted by Gasteiger charge is 2.16. The van der Waals surface area contributed by atoms with Crippen LogP contribution in [0.4, 0.5) is 0 Å². The first-order valence-corrected chi connectivity index (χ1v) is 8.53. The van der Waals surface area contributed by atoms with Crippen LogP contribution in [0.15, 0.2) is 91.8 Å². The fourth-order valence-electron chi connectivity index (χ4n) is 3.66. The molecule has 0 saturated carbocycles. The summed E-state index contributed by atoms with van der Waals surface area (Å²) < 4.78 is 0. The molecule has 122 valence electrons. The van der Waals surface area contributed by atoms with Crippen LogP contribution >= 0.6 is 0 Å². The van der Waals surface area contributed by atoms with Gasteiger partial charge < -0.3 is 0 Å². The lowest BCUT2D eigenvalue weighted by atomic mass is 9.87. The van der Waals surface area contributed by atoms with Crippen LogP contribution in [-0.4, -0.2) is 15.0 Å². The summed E-state index contributed by atoms with van der Waals surface area (Å²) in [5, 5.41) is 4.70. The van der Waals surface area contributed by atoms with Gasteiger partial charge in [0, 0.05) is 59.3 Å². The quantitative estimate of drug-likeness (QED) is 0.400. The van der Waals surface area contributed by atoms with Crippen LogP contribution in [0.25, 0.3) is 43.8 Å². The fraction of sp³-hybridized carbons (Fsp3) is 0. The van der Waals surface area contributed by atoms with E-state index in [9.17, 15) is 0 Å². The van der Waals surface area contributed by atoms with Crippen molar-refractivity contribution in [3.8, 4) is 22.3 Å². The van der Waals surface area contributed by atoms with Crippen LogP contribution in [0.3, 0.4) is 0 Å². The van der Waals surface area contributed by atoms with Gasteiger partial charge in [-0.25, -0.2) is 0 Å². The Morgan fingerprint density at radius 3 is 1.54 bits per heavy atom. The molecule has 0 fully saturated rings. The van der Waals surface area contributed by atoms with Crippen molar-refractivity contribution in [1.82, 2.24) is 15.0 Å². The Morgan fingerprint density at radius 2 is 0.962 bits per heavy atom. The molecule has 0 radical (unpaired) electrons. The van der Waals surface area contributed by atoms with Gasteiger partial charge in [-0.05, 0) is 39.9 Å². The predicted molar refractivity (Wildman–Crippen MR) is 106 cm³/mol. The Morgan fingerprint density at radius 1 is 0.423 bits per heavy atom. The zero-order valence-corrected chi connectivity index (χ0v) is 14.0. The molecule has 3 heterocycles. The van der Waals surface area contributed by atoms with E-state index in [0.717, 1.165) is 16.5 Å². The minimum atomic E-state index is 1.10. The Hall–Kier alpha value is -3.59. The minimum Gasteiger partial charge on any atom is -0.264 e. The second kappa shape index (κ2) is 6.05. The van der Waals surface area contributed by atoms with E-state index in [1.54, 1.807) is 12.4 Å². The Labute approximate surface area is 151 Å². The molecule has 0 aliphatic heterocycles. The maximum Gasteiger partial charge on any atom is 0.0353 e. The molecule has 5 aromatic rings. The number of benzene rings is 2. The van der Waals surface area contributed by atoms with Crippen molar-refractivity contribution in [2.45, 2.75) is 0 Å². The van der Waals surface area contributed by atoms with Gasteiger partial charge in [-0.15, -0.1) is 0 Å². The molecule has 0 unspecified atom stereocenters. The third-order valence-electron chi connectivity index (χ3n) is 4.73. The molecular weight excluding hydrogens is 318 g/mol. The van der Waals surface area contributed by atoms with Gasteiger partial charge in [0.1, 0.15) is 0 Å². The van der Waals surface area contributed by atoms with Crippen molar-refractivity contribution < 1.29 is 0 Å². The zero-order chi connectivity index (χ0) is 17.3. The van der Waals surface area contributed by atoms with Gasteiger partial charge in [0.2, 0.25) is 0 Å². The number of hydrogen-bond donors (Lipinski definition) is 0. The highest BCUT2D eigenvalue weighted by atomic mass is 14.6. The number of aromatic nitrogens is 3. The summed E-state index contributed by atoms with van der Waals surface area (Å²) in [7, 11) is 0. The van der Waals surface area contributed by atoms with Gasteiger partial charge >= 0.3 is 0 Å². The molecule has 26 heavy (non-hydrogen) atoms. The number of hydrogen-bond acceptors (Lipinski definition) is 3. The van der Waals surface area contributed by atoms with Crippen molar-refractivity contribution in [3.63, 3.8) is 0 Å². The highest BCUT2D eigenvalue weighted by Crippen LogP contribution is 2.42. The SMILES string of the molecule is c1cncc(-c2c3ccccc3c(-c3cccnc3)c3cnccc23)c1. The summed E-state index contributed by atoms with van der Waals surface area (Å²) in [5.74, 6) is 0. The van der Waals surface area contributed by atoms with E-state index in [-0.39, 0.29) is 0 Å². The second-order valence-electron chi connectivity index (χ2n) is 6.20. The van der Waals surface area contributed by atoms with Crippen LogP contribution in [0.5, 0.6) is 0 Å². The molecule has 5 rings (SSSR count). The summed E-state index contributed by atoms with van der Waals surface area (Å²) in [6, 6.07) is 18.8. The van der Waals surface area contributed by atoms with Crippen LogP contribution in [0, 0.1) is 0 Å². The Kier molecular flexibility index (Phi) is 3.42. The molecule has 0 aliphatic rings. The van der Waals surface area contributed by atoms with E-state index in [4.69, 9.17) is 0 Å². The van der Waals surface area contributed by atoms with E-state index in [2.05, 4.69) is 57.4 Å². The molecule has 0 spiro atoms. The normalized spacial score (nSPS) is 11.1. The largest absolute Gasteiger partial charge is 0.264 e. The fourth-order valence-corrected chi connectivity index (χ4v) is 3.66. The number of nitrogens with zero attached hydrogens (tertiary/aromatic N) is 3. The number of rotatable bonds is 2. The molecular formula is C23H15N3. The van der Waals surface area contributed by atoms with Gasteiger partial charge in [0.25, 0.3) is 0 Å². The van der Waals surface area contributed by atoms with E-state index in [0.29, 0.717) is 0 Å². The molecule has 0 aliphatic carbocycles. The summed E-state index contributed by atoms with van der Waals surface area (Å²) in [6.07, 6.45) is 11.2. The van der Waals surface area contributed by atoms with Crippen LogP contribution in [0.2, 0.25) is 0 Å². The maximum absolute atomic E-state index is 4.40. The van der Waals surface area contributed by atoms with E-state index in [1.165, 1.54) is 27.3 Å². The Bertz CT molecular complexity index is 1060. The predicted octanol–water partition coefficient (Wildman–Crippen LogP) is 5.51. The van der Waals surface area contributed by atoms with Gasteiger partial charge in [-0.2, -0.15) is 0 Å². The van der Waals surface area contributed by atoms with Gasteiger partial charge in [-0.1, -0.05) is 36.4 Å². The van der Waals surface area contributed by atoms with Crippen molar-refractivity contribution in [3.05, 3.63) is 91.8 Å². The smallest absolute Gasteiger partial charge is 0.0353 e. The van der Waals surface area contributed by atoms with Crippen molar-refractivity contribution in [2.75, 3.05) is 0 Å². The minimum absolute atomic E-state index is 1.10. The average Bonchev–Trinajstić information content (AvgIpc) is 2.73. The summed E-state index contributed by atoms with van der Waals surface area (Å²) in [5.41, 5.74) is 4.57. The van der Waals surface area contributed by atoms with Crippen molar-refractivity contribution in [2.24, 2.45) is 0 Å². The second-order valence-corrected chi connectivity index (χ2v) is 6.20. The third-order valence-corrected chi connectivity index (χ3v) is 4.73. The number of fused-ring (bicyclic) bond motifs is 2. The topological polar surface area (TPSA) is 38.7 Å². The van der Waals surface area contributed by atoms with Crippen LogP contribution in [0.1, 0.15) is 0 Å². The van der Waals surface area contributed by atoms with E-state index < -0.39 is 0 Å². The standard InChI is InChI=1S/C23H15N3/c1-2-8-19-18(7-1)22(16-5-3-10-24-13-16)20-9-12-26-15-21(20)23(19)17-6-4-11-25-14-17/h1-15H. The molecule has 3 aromatic heterocycles. The lowest BCUT2D eigenvalue weighted by molar-refractivity contribution is 1.33. The molecule has 0 atom stereocenters. The molecule has 0 N–H and O–H groups in total. The molecule has 3 heteroatoms. The lowest BCUT2D eigenvalue weighted by Crippen LogP contribution is -1.91. The molecule has 0 amide bonds. The van der Waals surface area contributed by atoms with Crippen LogP contribution < -0.4 is 0 Å². The Balaban J connectivity index is 2.02. The molecule has 0 bridgehead atoms. The maximum atomic E-state index is 4.40. The molecule has 2 aromatic carbocycles.